The van der Waals surface area contributed by atoms with Crippen molar-refractivity contribution in [2.75, 3.05) is 39.3 Å². The summed E-state index contributed by atoms with van der Waals surface area (Å²) in [5.41, 5.74) is 12.2. The van der Waals surface area contributed by atoms with Gasteiger partial charge in [-0.2, -0.15) is 0 Å². The summed E-state index contributed by atoms with van der Waals surface area (Å²) in [4.78, 5) is 29.3. The van der Waals surface area contributed by atoms with Gasteiger partial charge in [0.1, 0.15) is 6.10 Å². The molecule has 14 nitrogen and oxygen atoms in total. The fourth-order valence-corrected chi connectivity index (χ4v) is 4.81. The van der Waals surface area contributed by atoms with E-state index in [0.717, 1.165) is 25.1 Å². The molecule has 0 saturated heterocycles. The van der Waals surface area contributed by atoms with Crippen LogP contribution in [-0.4, -0.2) is 95.7 Å². The molecule has 2 unspecified atom stereocenters. The van der Waals surface area contributed by atoms with E-state index < -0.39 is 29.7 Å². The van der Waals surface area contributed by atoms with Gasteiger partial charge in [-0.3, -0.25) is 9.59 Å². The lowest BCUT2D eigenvalue weighted by Crippen LogP contribution is -2.45. The van der Waals surface area contributed by atoms with Crippen LogP contribution in [0.3, 0.4) is 0 Å². The van der Waals surface area contributed by atoms with Gasteiger partial charge in [-0.1, -0.05) is 49.4 Å². The van der Waals surface area contributed by atoms with E-state index >= 15 is 0 Å². The number of hydrogen-bond donors (Lipinski definition) is 10. The number of carbonyl (C=O) groups excluding carboxylic acids is 2. The highest BCUT2D eigenvalue weighted by molar-refractivity contribution is 6.01. The summed E-state index contributed by atoms with van der Waals surface area (Å²) in [6, 6.07) is 15.9. The predicted molar refractivity (Wildman–Crippen MR) is 183 cm³/mol. The van der Waals surface area contributed by atoms with E-state index in [2.05, 4.69) is 33.2 Å². The first kappa shape index (κ1) is 37.6. The van der Waals surface area contributed by atoms with E-state index in [9.17, 15) is 30.0 Å². The summed E-state index contributed by atoms with van der Waals surface area (Å²) < 4.78 is 5.59. The Hall–Kier alpha value is -4.89. The average Bonchev–Trinajstić information content (AvgIpc) is 3.48. The SMILES string of the molecule is CC1OC(c2cccc(O)c2O)=NC1C(=O)NCCNC(=O)c1ccc(Cc2ccccc2)c(O)c1O.CCC(NCCN)NCCN. The van der Waals surface area contributed by atoms with Crippen LogP contribution in [0, 0.1) is 0 Å². The topological polar surface area (TPSA) is 237 Å². The molecule has 48 heavy (non-hydrogen) atoms. The minimum absolute atomic E-state index is 0.0420. The molecule has 4 rings (SSSR count). The lowest BCUT2D eigenvalue weighted by molar-refractivity contribution is -0.123. The normalized spacial score (nSPS) is 15.2. The first-order valence-electron chi connectivity index (χ1n) is 15.9. The molecule has 260 valence electrons. The molecule has 0 radical (unpaired) electrons. The highest BCUT2D eigenvalue weighted by atomic mass is 16.5. The number of aromatic hydroxyl groups is 4. The lowest BCUT2D eigenvalue weighted by atomic mass is 10.0. The van der Waals surface area contributed by atoms with Crippen LogP contribution in [0.1, 0.15) is 47.3 Å². The Bertz CT molecular complexity index is 1510. The summed E-state index contributed by atoms with van der Waals surface area (Å²) in [5.74, 6) is -2.59. The minimum Gasteiger partial charge on any atom is -0.504 e. The fraction of sp³-hybridized carbons (Fsp3) is 0.382. The van der Waals surface area contributed by atoms with Gasteiger partial charge in [0.05, 0.1) is 17.3 Å². The summed E-state index contributed by atoms with van der Waals surface area (Å²) in [5, 5.41) is 52.2. The number of benzene rings is 3. The molecule has 1 aliphatic rings. The third kappa shape index (κ3) is 10.6. The van der Waals surface area contributed by atoms with Crippen LogP contribution < -0.4 is 32.7 Å². The first-order valence-corrected chi connectivity index (χ1v) is 15.9. The summed E-state index contributed by atoms with van der Waals surface area (Å²) >= 11 is 0. The maximum absolute atomic E-state index is 12.6. The summed E-state index contributed by atoms with van der Waals surface area (Å²) in [6.45, 7) is 6.99. The van der Waals surface area contributed by atoms with Crippen molar-refractivity contribution in [3.63, 3.8) is 0 Å². The van der Waals surface area contributed by atoms with Gasteiger partial charge in [0.2, 0.25) is 11.8 Å². The Morgan fingerprint density at radius 3 is 2.15 bits per heavy atom. The van der Waals surface area contributed by atoms with Crippen LogP contribution in [0.5, 0.6) is 23.0 Å². The molecule has 0 saturated carbocycles. The van der Waals surface area contributed by atoms with Crippen LogP contribution in [0.25, 0.3) is 0 Å². The molecule has 1 heterocycles. The maximum atomic E-state index is 12.6. The van der Waals surface area contributed by atoms with Crippen molar-refractivity contribution in [2.24, 2.45) is 16.5 Å². The quantitative estimate of drug-likeness (QED) is 0.0624. The second-order valence-corrected chi connectivity index (χ2v) is 11.0. The summed E-state index contributed by atoms with van der Waals surface area (Å²) in [7, 11) is 0. The third-order valence-corrected chi connectivity index (χ3v) is 7.42. The van der Waals surface area contributed by atoms with Crippen molar-refractivity contribution in [2.45, 2.75) is 45.0 Å². The molecule has 14 heteroatoms. The Morgan fingerprint density at radius 2 is 1.50 bits per heavy atom. The molecular weight excluding hydrogens is 618 g/mol. The number of phenols is 4. The third-order valence-electron chi connectivity index (χ3n) is 7.42. The molecule has 12 N–H and O–H groups in total. The molecule has 2 amide bonds. The van der Waals surface area contributed by atoms with Gasteiger partial charge >= 0.3 is 0 Å². The number of amides is 2. The molecule has 0 aliphatic carbocycles. The zero-order valence-corrected chi connectivity index (χ0v) is 27.3. The van der Waals surface area contributed by atoms with Gasteiger partial charge in [-0.25, -0.2) is 4.99 Å². The number of nitrogens with two attached hydrogens (primary N) is 2. The monoisotopic (exact) mass is 665 g/mol. The number of carbonyl (C=O) groups is 2. The Balaban J connectivity index is 0.000000488. The molecule has 0 bridgehead atoms. The van der Waals surface area contributed by atoms with E-state index in [1.54, 1.807) is 13.0 Å². The van der Waals surface area contributed by atoms with Crippen LogP contribution >= 0.6 is 0 Å². The number of nitrogens with one attached hydrogen (secondary N) is 4. The second-order valence-electron chi connectivity index (χ2n) is 11.0. The lowest BCUT2D eigenvalue weighted by Gasteiger charge is -2.17. The fourth-order valence-electron chi connectivity index (χ4n) is 4.81. The zero-order valence-electron chi connectivity index (χ0n) is 27.3. The van der Waals surface area contributed by atoms with Crippen LogP contribution in [-0.2, 0) is 16.0 Å². The molecule has 3 aromatic carbocycles. The van der Waals surface area contributed by atoms with E-state index in [4.69, 9.17) is 16.2 Å². The maximum Gasteiger partial charge on any atom is 0.255 e. The predicted octanol–water partition coefficient (Wildman–Crippen LogP) is 0.999. The van der Waals surface area contributed by atoms with Crippen LogP contribution in [0.2, 0.25) is 0 Å². The highest BCUT2D eigenvalue weighted by Crippen LogP contribution is 2.34. The molecule has 3 aromatic rings. The number of nitrogens with zero attached hydrogens (tertiary/aromatic N) is 1. The Morgan fingerprint density at radius 1 is 0.833 bits per heavy atom. The molecule has 1 aliphatic heterocycles. The molecule has 0 fully saturated rings. The van der Waals surface area contributed by atoms with E-state index in [1.807, 2.05) is 30.3 Å². The van der Waals surface area contributed by atoms with Gasteiger partial charge in [0.25, 0.3) is 5.91 Å². The van der Waals surface area contributed by atoms with Gasteiger partial charge in [0, 0.05) is 51.3 Å². The smallest absolute Gasteiger partial charge is 0.255 e. The average molecular weight is 666 g/mol. The first-order chi connectivity index (χ1) is 23.1. The van der Waals surface area contributed by atoms with Gasteiger partial charge in [0.15, 0.2) is 29.0 Å². The largest absolute Gasteiger partial charge is 0.504 e. The van der Waals surface area contributed by atoms with Crippen molar-refractivity contribution in [3.8, 4) is 23.0 Å². The van der Waals surface area contributed by atoms with E-state index in [1.165, 1.54) is 24.3 Å². The van der Waals surface area contributed by atoms with Gasteiger partial charge < -0.3 is 57.9 Å². The van der Waals surface area contributed by atoms with Crippen LogP contribution in [0.4, 0.5) is 0 Å². The Labute approximate surface area is 280 Å². The van der Waals surface area contributed by atoms with E-state index in [0.29, 0.717) is 31.2 Å². The standard InChI is InChI=1S/C27H27N3O7.C7H20N4/c1-15-21(30-27(37-15)19-8-5-9-20(31)23(19)33)26(36)29-13-12-28-25(35)18-11-10-17(22(32)24(18)34)14-16-6-3-2-4-7-16;1-2-7(10-5-3-8)11-6-4-9/h2-11,15,21,31-34H,12-14H2,1H3,(H,28,35)(H,29,36);7,10-11H,2-6,8-9H2,1H3. The molecule has 0 aromatic heterocycles. The minimum atomic E-state index is -0.884. The molecular formula is C34H47N7O7. The molecule has 2 atom stereocenters. The van der Waals surface area contributed by atoms with Crippen LogP contribution in [0.15, 0.2) is 65.7 Å². The second kappa shape index (κ2) is 19.1. The number of ether oxygens (including phenoxy) is 1. The summed E-state index contributed by atoms with van der Waals surface area (Å²) in [6.07, 6.45) is 1.20. The van der Waals surface area contributed by atoms with Crippen molar-refractivity contribution in [1.82, 2.24) is 21.3 Å². The highest BCUT2D eigenvalue weighted by Gasteiger charge is 2.34. The molecule has 0 spiro atoms. The van der Waals surface area contributed by atoms with Gasteiger partial charge in [-0.15, -0.1) is 0 Å². The number of phenolic OH excluding ortho intramolecular Hbond substituents is 4. The van der Waals surface area contributed by atoms with Gasteiger partial charge in [-0.05, 0) is 37.1 Å². The van der Waals surface area contributed by atoms with Crippen molar-refractivity contribution < 1.29 is 34.8 Å². The van der Waals surface area contributed by atoms with Crippen molar-refractivity contribution in [3.05, 3.63) is 82.9 Å². The van der Waals surface area contributed by atoms with E-state index in [-0.39, 0.29) is 47.4 Å². The Kier molecular flexibility index (Phi) is 14.9. The number of aliphatic imine (C=N–C) groups is 1. The van der Waals surface area contributed by atoms with Crippen molar-refractivity contribution >= 4 is 17.7 Å². The number of para-hydroxylation sites is 1. The van der Waals surface area contributed by atoms with Crippen molar-refractivity contribution in [1.29, 1.82) is 0 Å². The number of hydrogen-bond acceptors (Lipinski definition) is 12. The number of rotatable bonds is 15. The zero-order chi connectivity index (χ0) is 35.1.